The first-order chi connectivity index (χ1) is 9.81. The third kappa shape index (κ3) is 2.34. The van der Waals surface area contributed by atoms with Crippen LogP contribution in [0.3, 0.4) is 0 Å². The Morgan fingerprint density at radius 3 is 2.60 bits per heavy atom. The number of anilines is 1. The van der Waals surface area contributed by atoms with E-state index < -0.39 is 0 Å². The van der Waals surface area contributed by atoms with Gasteiger partial charge in [-0.05, 0) is 12.1 Å². The third-order valence-corrected chi connectivity index (χ3v) is 3.34. The van der Waals surface area contributed by atoms with Gasteiger partial charge >= 0.3 is 0 Å². The molecule has 0 N–H and O–H groups in total. The minimum absolute atomic E-state index is 0.583. The highest BCUT2D eigenvalue weighted by atomic mass is 16.5. The van der Waals surface area contributed by atoms with Crippen molar-refractivity contribution in [2.24, 2.45) is 0 Å². The van der Waals surface area contributed by atoms with Gasteiger partial charge in [-0.2, -0.15) is 4.98 Å². The molecule has 0 spiro atoms. The van der Waals surface area contributed by atoms with Gasteiger partial charge in [0.2, 0.25) is 11.8 Å². The van der Waals surface area contributed by atoms with Crippen molar-refractivity contribution in [1.82, 2.24) is 9.97 Å². The number of rotatable bonds is 3. The molecule has 1 saturated heterocycles. The molecule has 1 aromatic carbocycles. The maximum atomic E-state index is 5.38. The number of hydrogen-bond donors (Lipinski definition) is 0. The largest absolute Gasteiger partial charge is 0.497 e. The summed E-state index contributed by atoms with van der Waals surface area (Å²) in [5, 5.41) is 0.880. The first-order valence-electron chi connectivity index (χ1n) is 6.54. The van der Waals surface area contributed by atoms with Gasteiger partial charge in [-0.25, -0.2) is 4.98 Å². The molecule has 0 radical (unpaired) electrons. The number of fused-ring (bicyclic) bond motifs is 1. The van der Waals surface area contributed by atoms with Crippen LogP contribution >= 0.6 is 0 Å². The molecule has 0 bridgehead atoms. The molecule has 0 aliphatic carbocycles. The predicted molar refractivity (Wildman–Crippen MR) is 75.7 cm³/mol. The fraction of sp³-hybridized carbons (Fsp3) is 0.429. The van der Waals surface area contributed by atoms with Crippen LogP contribution in [0.2, 0.25) is 0 Å². The first kappa shape index (κ1) is 12.9. The highest BCUT2D eigenvalue weighted by molar-refractivity contribution is 5.85. The van der Waals surface area contributed by atoms with E-state index in [4.69, 9.17) is 14.2 Å². The third-order valence-electron chi connectivity index (χ3n) is 3.34. The number of benzene rings is 1. The number of aromatic nitrogens is 2. The van der Waals surface area contributed by atoms with Crippen LogP contribution in [0.15, 0.2) is 18.2 Å². The Bertz CT molecular complexity index is 612. The molecule has 1 aliphatic rings. The second-order valence-corrected chi connectivity index (χ2v) is 4.52. The van der Waals surface area contributed by atoms with Crippen molar-refractivity contribution >= 4 is 16.9 Å². The lowest BCUT2D eigenvalue weighted by atomic mass is 10.2. The molecule has 2 heterocycles. The summed E-state index contributed by atoms with van der Waals surface area (Å²) in [5.41, 5.74) is 0.817. The van der Waals surface area contributed by atoms with E-state index in [-0.39, 0.29) is 0 Å². The Hall–Kier alpha value is -2.08. The highest BCUT2D eigenvalue weighted by Gasteiger charge is 2.17. The van der Waals surface area contributed by atoms with Gasteiger partial charge in [-0.1, -0.05) is 0 Å². The fourth-order valence-corrected chi connectivity index (χ4v) is 2.26. The Balaban J connectivity index is 2.08. The van der Waals surface area contributed by atoms with Gasteiger partial charge < -0.3 is 19.1 Å². The maximum absolute atomic E-state index is 5.38. The minimum atomic E-state index is 0.583. The van der Waals surface area contributed by atoms with Crippen molar-refractivity contribution in [3.63, 3.8) is 0 Å². The Morgan fingerprint density at radius 2 is 1.90 bits per heavy atom. The zero-order valence-electron chi connectivity index (χ0n) is 11.6. The summed E-state index contributed by atoms with van der Waals surface area (Å²) in [5.74, 6) is 2.02. The van der Waals surface area contributed by atoms with Crippen molar-refractivity contribution in [2.45, 2.75) is 0 Å². The molecule has 0 amide bonds. The summed E-state index contributed by atoms with van der Waals surface area (Å²) in [6.07, 6.45) is 0. The van der Waals surface area contributed by atoms with Crippen LogP contribution in [0.1, 0.15) is 0 Å². The maximum Gasteiger partial charge on any atom is 0.229 e. The number of methoxy groups -OCH3 is 2. The van der Waals surface area contributed by atoms with E-state index in [1.165, 1.54) is 0 Å². The first-order valence-corrected chi connectivity index (χ1v) is 6.54. The normalized spacial score (nSPS) is 15.4. The highest BCUT2D eigenvalue weighted by Crippen LogP contribution is 2.28. The Morgan fingerprint density at radius 1 is 1.10 bits per heavy atom. The molecule has 1 aromatic heterocycles. The quantitative estimate of drug-likeness (QED) is 0.845. The zero-order valence-corrected chi connectivity index (χ0v) is 11.6. The molecule has 106 valence electrons. The molecule has 0 saturated carbocycles. The van der Waals surface area contributed by atoms with Crippen LogP contribution in [0, 0.1) is 0 Å². The Kier molecular flexibility index (Phi) is 3.56. The standard InChI is InChI=1S/C14H17N3O3/c1-18-10-3-4-11-12(9-10)15-14(16-13(11)19-2)17-5-7-20-8-6-17/h3-4,9H,5-8H2,1-2H3. The molecular formula is C14H17N3O3. The molecular weight excluding hydrogens is 258 g/mol. The van der Waals surface area contributed by atoms with Gasteiger partial charge in [0.05, 0.1) is 38.3 Å². The van der Waals surface area contributed by atoms with Crippen LogP contribution < -0.4 is 14.4 Å². The summed E-state index contributed by atoms with van der Waals surface area (Å²) in [7, 11) is 3.26. The SMILES string of the molecule is COc1ccc2c(OC)nc(N3CCOCC3)nc2c1. The molecule has 6 nitrogen and oxygen atoms in total. The molecule has 20 heavy (non-hydrogen) atoms. The van der Waals surface area contributed by atoms with Gasteiger partial charge in [0, 0.05) is 19.2 Å². The van der Waals surface area contributed by atoms with Crippen LogP contribution in [0.5, 0.6) is 11.6 Å². The molecule has 0 atom stereocenters. The van der Waals surface area contributed by atoms with Crippen LogP contribution in [-0.2, 0) is 4.74 Å². The van der Waals surface area contributed by atoms with Gasteiger partial charge in [-0.15, -0.1) is 0 Å². The predicted octanol–water partition coefficient (Wildman–Crippen LogP) is 1.48. The Labute approximate surface area is 117 Å². The van der Waals surface area contributed by atoms with Crippen molar-refractivity contribution in [3.05, 3.63) is 18.2 Å². The van der Waals surface area contributed by atoms with Crippen molar-refractivity contribution in [3.8, 4) is 11.6 Å². The molecule has 2 aromatic rings. The van der Waals surface area contributed by atoms with Crippen molar-refractivity contribution in [1.29, 1.82) is 0 Å². The number of hydrogen-bond acceptors (Lipinski definition) is 6. The van der Waals surface area contributed by atoms with E-state index >= 15 is 0 Å². The van der Waals surface area contributed by atoms with Gasteiger partial charge in [0.25, 0.3) is 0 Å². The summed E-state index contributed by atoms with van der Waals surface area (Å²) >= 11 is 0. The number of nitrogens with zero attached hydrogens (tertiary/aromatic N) is 3. The molecule has 1 fully saturated rings. The van der Waals surface area contributed by atoms with Gasteiger partial charge in [0.1, 0.15) is 5.75 Å². The molecule has 3 rings (SSSR count). The van der Waals surface area contributed by atoms with E-state index in [0.717, 1.165) is 29.7 Å². The number of ether oxygens (including phenoxy) is 3. The summed E-state index contributed by atoms with van der Waals surface area (Å²) in [6.45, 7) is 2.97. The second-order valence-electron chi connectivity index (χ2n) is 4.52. The molecule has 6 heteroatoms. The lowest BCUT2D eigenvalue weighted by Gasteiger charge is -2.27. The summed E-state index contributed by atoms with van der Waals surface area (Å²) in [6, 6.07) is 5.68. The van der Waals surface area contributed by atoms with Crippen molar-refractivity contribution in [2.75, 3.05) is 45.4 Å². The minimum Gasteiger partial charge on any atom is -0.497 e. The van der Waals surface area contributed by atoms with E-state index in [2.05, 4.69) is 14.9 Å². The summed E-state index contributed by atoms with van der Waals surface area (Å²) in [4.78, 5) is 11.2. The van der Waals surface area contributed by atoms with Gasteiger partial charge in [-0.3, -0.25) is 0 Å². The molecule has 1 aliphatic heterocycles. The average molecular weight is 275 g/mol. The van der Waals surface area contributed by atoms with E-state index in [1.54, 1.807) is 14.2 Å². The van der Waals surface area contributed by atoms with E-state index in [0.29, 0.717) is 25.0 Å². The van der Waals surface area contributed by atoms with Gasteiger partial charge in [0.15, 0.2) is 0 Å². The second kappa shape index (κ2) is 5.50. The van der Waals surface area contributed by atoms with Crippen LogP contribution in [-0.4, -0.2) is 50.5 Å². The van der Waals surface area contributed by atoms with E-state index in [1.807, 2.05) is 18.2 Å². The summed E-state index contributed by atoms with van der Waals surface area (Å²) < 4.78 is 16.0. The average Bonchev–Trinajstić information content (AvgIpc) is 2.54. The molecule has 0 unspecified atom stereocenters. The number of morpholine rings is 1. The zero-order chi connectivity index (χ0) is 13.9. The van der Waals surface area contributed by atoms with Crippen LogP contribution in [0.25, 0.3) is 10.9 Å². The fourth-order valence-electron chi connectivity index (χ4n) is 2.26. The topological polar surface area (TPSA) is 56.7 Å². The lowest BCUT2D eigenvalue weighted by molar-refractivity contribution is 0.122. The van der Waals surface area contributed by atoms with E-state index in [9.17, 15) is 0 Å². The smallest absolute Gasteiger partial charge is 0.229 e. The lowest BCUT2D eigenvalue weighted by Crippen LogP contribution is -2.37. The monoisotopic (exact) mass is 275 g/mol. The van der Waals surface area contributed by atoms with Crippen LogP contribution in [0.4, 0.5) is 5.95 Å². The van der Waals surface area contributed by atoms with Crippen molar-refractivity contribution < 1.29 is 14.2 Å².